The van der Waals surface area contributed by atoms with Crippen LogP contribution in [-0.2, 0) is 12.8 Å². The van der Waals surface area contributed by atoms with Crippen LogP contribution < -0.4 is 11.1 Å². The van der Waals surface area contributed by atoms with Gasteiger partial charge in [-0.3, -0.25) is 4.79 Å². The van der Waals surface area contributed by atoms with Gasteiger partial charge in [0.2, 0.25) is 0 Å². The van der Waals surface area contributed by atoms with Crippen LogP contribution in [0.25, 0.3) is 21.1 Å². The monoisotopic (exact) mass is 389 g/mol. The summed E-state index contributed by atoms with van der Waals surface area (Å²) in [5.41, 5.74) is 12.1. The molecule has 0 saturated carbocycles. The number of amides is 1. The Balaban J connectivity index is 1.78. The Kier molecular flexibility index (Phi) is 4.77. The van der Waals surface area contributed by atoms with Gasteiger partial charge in [-0.25, -0.2) is 4.98 Å². The smallest absolute Gasteiger partial charge is 0.267 e. The number of para-hydroxylation sites is 1. The first-order chi connectivity index (χ1) is 13.5. The Morgan fingerprint density at radius 1 is 1.11 bits per heavy atom. The van der Waals surface area contributed by atoms with Crippen molar-refractivity contribution in [2.45, 2.75) is 33.6 Å². The summed E-state index contributed by atoms with van der Waals surface area (Å²) in [4.78, 5) is 19.1. The van der Waals surface area contributed by atoms with E-state index in [1.807, 2.05) is 25.1 Å². The van der Waals surface area contributed by atoms with E-state index in [0.717, 1.165) is 56.3 Å². The zero-order valence-corrected chi connectivity index (χ0v) is 17.1. The van der Waals surface area contributed by atoms with Crippen LogP contribution in [0.4, 0.5) is 11.4 Å². The van der Waals surface area contributed by atoms with E-state index in [4.69, 9.17) is 10.7 Å². The number of thiophene rings is 1. The van der Waals surface area contributed by atoms with Gasteiger partial charge in [-0.2, -0.15) is 0 Å². The first-order valence-electron chi connectivity index (χ1n) is 9.53. The van der Waals surface area contributed by atoms with Gasteiger partial charge in [-0.05, 0) is 48.6 Å². The second-order valence-electron chi connectivity index (χ2n) is 6.99. The molecule has 2 aromatic heterocycles. The van der Waals surface area contributed by atoms with Crippen LogP contribution >= 0.6 is 11.3 Å². The maximum Gasteiger partial charge on any atom is 0.267 e. The van der Waals surface area contributed by atoms with E-state index in [1.165, 1.54) is 11.3 Å². The van der Waals surface area contributed by atoms with Gasteiger partial charge in [0.1, 0.15) is 9.71 Å². The number of nitrogens with zero attached hydrogens (tertiary/aromatic N) is 1. The fourth-order valence-corrected chi connectivity index (χ4v) is 4.53. The van der Waals surface area contributed by atoms with Crippen molar-refractivity contribution in [3.8, 4) is 0 Å². The molecule has 3 N–H and O–H groups in total. The third-order valence-electron chi connectivity index (χ3n) is 5.12. The molecule has 0 unspecified atom stereocenters. The van der Waals surface area contributed by atoms with E-state index in [9.17, 15) is 4.79 Å². The Hall–Kier alpha value is -2.92. The fraction of sp³-hybridized carbons (Fsp3) is 0.217. The first-order valence-corrected chi connectivity index (χ1v) is 10.3. The van der Waals surface area contributed by atoms with E-state index in [-0.39, 0.29) is 5.91 Å². The number of fused-ring (bicyclic) bond motifs is 2. The molecule has 4 aromatic rings. The van der Waals surface area contributed by atoms with E-state index in [2.05, 4.69) is 43.4 Å². The maximum absolute atomic E-state index is 13.1. The second-order valence-corrected chi connectivity index (χ2v) is 7.99. The molecule has 4 rings (SSSR count). The molecule has 0 spiro atoms. The third-order valence-corrected chi connectivity index (χ3v) is 6.23. The molecule has 0 saturated heterocycles. The lowest BCUT2D eigenvalue weighted by Gasteiger charge is -2.14. The van der Waals surface area contributed by atoms with Gasteiger partial charge in [0, 0.05) is 16.5 Å². The summed E-state index contributed by atoms with van der Waals surface area (Å²) < 4.78 is 0. The number of nitrogens with one attached hydrogen (secondary N) is 1. The molecule has 0 aliphatic rings. The van der Waals surface area contributed by atoms with E-state index < -0.39 is 0 Å². The summed E-state index contributed by atoms with van der Waals surface area (Å²) in [6, 6.07) is 14.3. The molecule has 4 nitrogen and oxygen atoms in total. The molecular weight excluding hydrogens is 366 g/mol. The summed E-state index contributed by atoms with van der Waals surface area (Å²) >= 11 is 1.35. The largest absolute Gasteiger partial charge is 0.397 e. The third kappa shape index (κ3) is 3.12. The summed E-state index contributed by atoms with van der Waals surface area (Å²) in [6.07, 6.45) is 1.72. The zero-order chi connectivity index (χ0) is 19.8. The van der Waals surface area contributed by atoms with Crippen molar-refractivity contribution in [3.05, 3.63) is 64.0 Å². The van der Waals surface area contributed by atoms with Crippen molar-refractivity contribution in [2.75, 3.05) is 11.1 Å². The van der Waals surface area contributed by atoms with Gasteiger partial charge in [0.25, 0.3) is 5.91 Å². The number of carbonyl (C=O) groups excluding carboxylic acids is 1. The van der Waals surface area contributed by atoms with Crippen LogP contribution in [0.1, 0.15) is 40.2 Å². The molecule has 2 heterocycles. The minimum atomic E-state index is -0.170. The topological polar surface area (TPSA) is 68.0 Å². The molecular formula is C23H23N3OS. The molecule has 142 valence electrons. The number of benzene rings is 2. The van der Waals surface area contributed by atoms with Gasteiger partial charge in [-0.15, -0.1) is 11.3 Å². The number of hydrogen-bond donors (Lipinski definition) is 2. The van der Waals surface area contributed by atoms with Crippen molar-refractivity contribution in [3.63, 3.8) is 0 Å². The molecule has 0 radical (unpaired) electrons. The SMILES string of the molecule is CCc1cccc(CC)c1NC(=O)c1sc2nc3cc(C)ccc3cc2c1N. The number of pyridine rings is 1. The molecule has 0 aliphatic heterocycles. The quantitative estimate of drug-likeness (QED) is 0.469. The van der Waals surface area contributed by atoms with Gasteiger partial charge in [0.15, 0.2) is 0 Å². The average molecular weight is 390 g/mol. The van der Waals surface area contributed by atoms with E-state index in [0.29, 0.717) is 10.6 Å². The lowest BCUT2D eigenvalue weighted by molar-refractivity contribution is 0.103. The lowest BCUT2D eigenvalue weighted by Crippen LogP contribution is -2.15. The molecule has 1 amide bonds. The summed E-state index contributed by atoms with van der Waals surface area (Å²) in [5.74, 6) is -0.170. The predicted molar refractivity (Wildman–Crippen MR) is 119 cm³/mol. The maximum atomic E-state index is 13.1. The zero-order valence-electron chi connectivity index (χ0n) is 16.3. The molecule has 0 fully saturated rings. The Bertz CT molecular complexity index is 1190. The summed E-state index contributed by atoms with van der Waals surface area (Å²) in [6.45, 7) is 6.23. The van der Waals surface area contributed by atoms with Gasteiger partial charge in [0.05, 0.1) is 11.2 Å². The minimum absolute atomic E-state index is 0.170. The fourth-order valence-electron chi connectivity index (χ4n) is 3.55. The number of aryl methyl sites for hydroxylation is 3. The summed E-state index contributed by atoms with van der Waals surface area (Å²) in [7, 11) is 0. The Morgan fingerprint density at radius 3 is 2.50 bits per heavy atom. The Morgan fingerprint density at radius 2 is 1.82 bits per heavy atom. The van der Waals surface area contributed by atoms with Crippen LogP contribution in [0, 0.1) is 6.92 Å². The van der Waals surface area contributed by atoms with E-state index in [1.54, 1.807) is 0 Å². The van der Waals surface area contributed by atoms with Crippen LogP contribution in [0.2, 0.25) is 0 Å². The highest BCUT2D eigenvalue weighted by molar-refractivity contribution is 7.21. The van der Waals surface area contributed by atoms with Crippen molar-refractivity contribution >= 4 is 49.7 Å². The number of aromatic nitrogens is 1. The van der Waals surface area contributed by atoms with Crippen LogP contribution in [0.5, 0.6) is 0 Å². The average Bonchev–Trinajstić information content (AvgIpc) is 3.02. The molecule has 5 heteroatoms. The first kappa shape index (κ1) is 18.4. The van der Waals surface area contributed by atoms with Crippen LogP contribution in [-0.4, -0.2) is 10.9 Å². The van der Waals surface area contributed by atoms with Gasteiger partial charge >= 0.3 is 0 Å². The van der Waals surface area contributed by atoms with Crippen LogP contribution in [0.15, 0.2) is 42.5 Å². The van der Waals surface area contributed by atoms with Gasteiger partial charge in [-0.1, -0.05) is 44.2 Å². The molecule has 28 heavy (non-hydrogen) atoms. The van der Waals surface area contributed by atoms with Gasteiger partial charge < -0.3 is 11.1 Å². The number of nitrogens with two attached hydrogens (primary N) is 1. The minimum Gasteiger partial charge on any atom is -0.397 e. The number of carbonyl (C=O) groups is 1. The normalized spacial score (nSPS) is 11.2. The van der Waals surface area contributed by atoms with Crippen molar-refractivity contribution in [1.29, 1.82) is 0 Å². The van der Waals surface area contributed by atoms with Crippen LogP contribution in [0.3, 0.4) is 0 Å². The highest BCUT2D eigenvalue weighted by Gasteiger charge is 2.19. The number of hydrogen-bond acceptors (Lipinski definition) is 4. The van der Waals surface area contributed by atoms with Crippen molar-refractivity contribution in [1.82, 2.24) is 4.98 Å². The van der Waals surface area contributed by atoms with E-state index >= 15 is 0 Å². The second kappa shape index (κ2) is 7.24. The molecule has 0 aliphatic carbocycles. The summed E-state index contributed by atoms with van der Waals surface area (Å²) in [5, 5.41) is 4.98. The molecule has 0 bridgehead atoms. The number of rotatable bonds is 4. The number of nitrogen functional groups attached to an aromatic ring is 1. The highest BCUT2D eigenvalue weighted by atomic mass is 32.1. The Labute approximate surface area is 168 Å². The van der Waals surface area contributed by atoms with Crippen molar-refractivity contribution in [2.24, 2.45) is 0 Å². The molecule has 2 aromatic carbocycles. The van der Waals surface area contributed by atoms with Crippen molar-refractivity contribution < 1.29 is 4.79 Å². The standard InChI is InChI=1S/C23H23N3OS/c1-4-14-7-6-8-15(5-2)20(14)26-22(27)21-19(24)17-12-16-10-9-13(3)11-18(16)25-23(17)28-21/h6-12H,4-5,24H2,1-3H3,(H,26,27). The lowest BCUT2D eigenvalue weighted by atomic mass is 10.0. The predicted octanol–water partition coefficient (Wildman–Crippen LogP) is 5.72. The molecule has 0 atom stereocenters. The number of anilines is 2. The highest BCUT2D eigenvalue weighted by Crippen LogP contribution is 2.35.